The maximum Gasteiger partial charge on any atom is 0.472 e. The molecule has 0 saturated heterocycles. The van der Waals surface area contributed by atoms with Crippen LogP contribution in [0.25, 0.3) is 0 Å². The van der Waals surface area contributed by atoms with Crippen LogP contribution >= 0.6 is 7.82 Å². The van der Waals surface area contributed by atoms with Gasteiger partial charge in [-0.05, 0) is 102 Å². The first kappa shape index (κ1) is 71.5. The minimum Gasteiger partial charge on any atom is -0.456 e. The van der Waals surface area contributed by atoms with Gasteiger partial charge in [0.05, 0.1) is 33.8 Å². The third kappa shape index (κ3) is 54.2. The zero-order valence-corrected chi connectivity index (χ0v) is 50.0. The van der Waals surface area contributed by atoms with E-state index >= 15 is 0 Å². The molecule has 430 valence electrons. The summed E-state index contributed by atoms with van der Waals surface area (Å²) in [7, 11) is 1.47. The third-order valence-corrected chi connectivity index (χ3v) is 14.4. The highest BCUT2D eigenvalue weighted by molar-refractivity contribution is 7.47. The van der Waals surface area contributed by atoms with Crippen LogP contribution < -0.4 is 5.32 Å². The van der Waals surface area contributed by atoms with E-state index in [0.29, 0.717) is 23.9 Å². The number of phosphoric ester groups is 1. The molecule has 0 spiro atoms. The van der Waals surface area contributed by atoms with Crippen molar-refractivity contribution in [3.8, 4) is 0 Å². The van der Waals surface area contributed by atoms with E-state index in [9.17, 15) is 19.0 Å². The SMILES string of the molecule is CCCCC/C=C\C/C=C\C/C=C\C/C=C\CCCCCC(=O)OC(/C=C/CCCCCCCCCCCC)C(COP(=O)(O)OCC[N+](C)(C)C)NC(=O)CCCCCCCCC/C=C/CCCCCCCC. The summed E-state index contributed by atoms with van der Waals surface area (Å²) in [6.07, 6.45) is 68.9. The molecule has 0 aliphatic carbocycles. The topological polar surface area (TPSA) is 111 Å². The van der Waals surface area contributed by atoms with Crippen LogP contribution in [-0.4, -0.2) is 74.3 Å². The molecule has 0 heterocycles. The van der Waals surface area contributed by atoms with Gasteiger partial charge in [-0.1, -0.05) is 229 Å². The fourth-order valence-corrected chi connectivity index (χ4v) is 9.30. The number of hydrogen-bond acceptors (Lipinski definition) is 6. The lowest BCUT2D eigenvalue weighted by Crippen LogP contribution is -2.47. The molecule has 9 nitrogen and oxygen atoms in total. The van der Waals surface area contributed by atoms with Crippen LogP contribution in [0.15, 0.2) is 72.9 Å². The zero-order valence-electron chi connectivity index (χ0n) is 49.1. The van der Waals surface area contributed by atoms with Crippen molar-refractivity contribution in [2.45, 2.75) is 283 Å². The average molecular weight is 1060 g/mol. The Kier molecular flexibility index (Phi) is 52.0. The Morgan fingerprint density at radius 2 is 0.824 bits per heavy atom. The van der Waals surface area contributed by atoms with Gasteiger partial charge in [0.15, 0.2) is 0 Å². The molecule has 0 aromatic heterocycles. The minimum absolute atomic E-state index is 0.0320. The number of nitrogens with zero attached hydrogens (tertiary/aromatic N) is 1. The van der Waals surface area contributed by atoms with E-state index in [1.54, 1.807) is 0 Å². The van der Waals surface area contributed by atoms with Gasteiger partial charge in [0.2, 0.25) is 5.91 Å². The second-order valence-corrected chi connectivity index (χ2v) is 23.3. The molecule has 3 unspecified atom stereocenters. The van der Waals surface area contributed by atoms with Crippen LogP contribution in [0.3, 0.4) is 0 Å². The Labute approximate surface area is 457 Å². The lowest BCUT2D eigenvalue weighted by Gasteiger charge is -2.27. The van der Waals surface area contributed by atoms with E-state index in [-0.39, 0.29) is 31.5 Å². The molecule has 0 aliphatic heterocycles. The Hall–Kier alpha value is -2.55. The second-order valence-electron chi connectivity index (χ2n) is 21.9. The van der Waals surface area contributed by atoms with E-state index in [4.69, 9.17) is 13.8 Å². The van der Waals surface area contributed by atoms with Crippen LogP contribution in [0.5, 0.6) is 0 Å². The average Bonchev–Trinajstić information content (AvgIpc) is 3.36. The Balaban J connectivity index is 5.35. The van der Waals surface area contributed by atoms with Crippen molar-refractivity contribution in [1.29, 1.82) is 0 Å². The number of quaternary nitrogens is 1. The molecule has 0 aromatic carbocycles. The standard InChI is InChI=1S/C64H117N2O7P/c1-7-10-13-16-19-22-25-28-30-32-33-35-37-39-42-45-48-51-54-57-64(68)73-62(55-52-49-46-43-40-27-24-21-18-15-12-9-3)61(60-72-74(69,70)71-59-58-66(4,5)6)65-63(67)56-53-50-47-44-41-38-36-34-31-29-26-23-20-17-14-11-8-2/h19,22,28-31,33,35,39,42,52,55,61-62H,7-18,20-21,23-27,32,34,36-38,40-41,43-51,53-54,56-60H2,1-6H3,(H-,65,67,69,70)/p+1/b22-19-,30-28-,31-29+,35-33-,42-39-,55-52+. The summed E-state index contributed by atoms with van der Waals surface area (Å²) in [6.45, 7) is 6.96. The number of ether oxygens (including phenoxy) is 1. The van der Waals surface area contributed by atoms with Crippen molar-refractivity contribution in [2.75, 3.05) is 40.9 Å². The molecule has 0 rings (SSSR count). The summed E-state index contributed by atoms with van der Waals surface area (Å²) in [5.41, 5.74) is 0. The zero-order chi connectivity index (χ0) is 54.3. The summed E-state index contributed by atoms with van der Waals surface area (Å²) in [5.74, 6) is -0.544. The Morgan fingerprint density at radius 1 is 0.473 bits per heavy atom. The van der Waals surface area contributed by atoms with E-state index in [1.807, 2.05) is 33.3 Å². The molecule has 0 aliphatic rings. The fraction of sp³-hybridized carbons (Fsp3) is 0.781. The van der Waals surface area contributed by atoms with Crippen LogP contribution in [0.2, 0.25) is 0 Å². The molecule has 0 saturated carbocycles. The lowest BCUT2D eigenvalue weighted by atomic mass is 10.0. The van der Waals surface area contributed by atoms with E-state index in [2.05, 4.69) is 86.8 Å². The molecule has 0 radical (unpaired) electrons. The number of unbranched alkanes of at least 4 members (excludes halogenated alkanes) is 29. The summed E-state index contributed by atoms with van der Waals surface area (Å²) in [6, 6.07) is -0.866. The van der Waals surface area contributed by atoms with Gasteiger partial charge in [0.1, 0.15) is 19.3 Å². The number of esters is 1. The number of amides is 1. The molecule has 0 aromatic rings. The van der Waals surface area contributed by atoms with Gasteiger partial charge in [0, 0.05) is 12.8 Å². The number of carbonyl (C=O) groups is 2. The van der Waals surface area contributed by atoms with Gasteiger partial charge in [-0.2, -0.15) is 0 Å². The van der Waals surface area contributed by atoms with Crippen LogP contribution in [0.4, 0.5) is 0 Å². The van der Waals surface area contributed by atoms with Crippen LogP contribution in [0.1, 0.15) is 271 Å². The van der Waals surface area contributed by atoms with Gasteiger partial charge in [-0.25, -0.2) is 4.57 Å². The summed E-state index contributed by atoms with van der Waals surface area (Å²) in [5, 5.41) is 3.04. The van der Waals surface area contributed by atoms with Gasteiger partial charge in [-0.15, -0.1) is 0 Å². The first-order valence-corrected chi connectivity index (χ1v) is 32.3. The van der Waals surface area contributed by atoms with Crippen molar-refractivity contribution in [1.82, 2.24) is 5.32 Å². The van der Waals surface area contributed by atoms with E-state index in [1.165, 1.54) is 141 Å². The van der Waals surface area contributed by atoms with Crippen LogP contribution in [-0.2, 0) is 27.9 Å². The Bertz CT molecular complexity index is 1500. The predicted octanol–water partition coefficient (Wildman–Crippen LogP) is 18.8. The molecule has 74 heavy (non-hydrogen) atoms. The van der Waals surface area contributed by atoms with Crippen molar-refractivity contribution < 1.29 is 37.3 Å². The van der Waals surface area contributed by atoms with Gasteiger partial charge in [0.25, 0.3) is 0 Å². The predicted molar refractivity (Wildman–Crippen MR) is 318 cm³/mol. The number of allylic oxidation sites excluding steroid dienone is 11. The molecule has 0 bridgehead atoms. The second kappa shape index (κ2) is 53.8. The van der Waals surface area contributed by atoms with Crippen LogP contribution in [0, 0.1) is 0 Å². The largest absolute Gasteiger partial charge is 0.472 e. The maximum absolute atomic E-state index is 13.5. The smallest absolute Gasteiger partial charge is 0.456 e. The molecule has 10 heteroatoms. The number of rotatable bonds is 55. The molecule has 1 amide bonds. The molecule has 2 N–H and O–H groups in total. The summed E-state index contributed by atoms with van der Waals surface area (Å²) < 4.78 is 30.7. The highest BCUT2D eigenvalue weighted by Gasteiger charge is 2.30. The number of hydrogen-bond donors (Lipinski definition) is 2. The summed E-state index contributed by atoms with van der Waals surface area (Å²) in [4.78, 5) is 37.7. The first-order valence-electron chi connectivity index (χ1n) is 30.8. The van der Waals surface area contributed by atoms with Crippen molar-refractivity contribution in [2.24, 2.45) is 0 Å². The molecule has 3 atom stereocenters. The minimum atomic E-state index is -4.46. The van der Waals surface area contributed by atoms with Gasteiger partial charge < -0.3 is 19.4 Å². The van der Waals surface area contributed by atoms with Crippen molar-refractivity contribution in [3.63, 3.8) is 0 Å². The highest BCUT2D eigenvalue weighted by Crippen LogP contribution is 2.43. The third-order valence-electron chi connectivity index (χ3n) is 13.4. The molecule has 0 fully saturated rings. The highest BCUT2D eigenvalue weighted by atomic mass is 31.2. The lowest BCUT2D eigenvalue weighted by molar-refractivity contribution is -0.870. The Morgan fingerprint density at radius 3 is 1.28 bits per heavy atom. The molecular formula is C64H118N2O7P+. The number of phosphoric acid groups is 1. The van der Waals surface area contributed by atoms with Gasteiger partial charge in [-0.3, -0.25) is 18.6 Å². The fourth-order valence-electron chi connectivity index (χ4n) is 8.56. The van der Waals surface area contributed by atoms with Crippen molar-refractivity contribution in [3.05, 3.63) is 72.9 Å². The number of carbonyl (C=O) groups excluding carboxylic acids is 2. The maximum atomic E-state index is 13.5. The van der Waals surface area contributed by atoms with E-state index in [0.717, 1.165) is 89.9 Å². The molecular weight excluding hydrogens is 940 g/mol. The summed E-state index contributed by atoms with van der Waals surface area (Å²) >= 11 is 0. The quantitative estimate of drug-likeness (QED) is 0.0205. The van der Waals surface area contributed by atoms with E-state index < -0.39 is 20.0 Å². The van der Waals surface area contributed by atoms with Crippen molar-refractivity contribution >= 4 is 19.7 Å². The number of likely N-dealkylation sites (N-methyl/N-ethyl adjacent to an activating group) is 1. The number of nitrogens with one attached hydrogen (secondary N) is 1. The monoisotopic (exact) mass is 1060 g/mol. The van der Waals surface area contributed by atoms with Gasteiger partial charge >= 0.3 is 13.8 Å². The first-order chi connectivity index (χ1) is 35.9. The normalized spacial score (nSPS) is 14.2.